The van der Waals surface area contributed by atoms with E-state index in [-0.39, 0.29) is 19.3 Å². The molecule has 0 radical (unpaired) electrons. The zero-order valence-corrected chi connectivity index (χ0v) is 16.0. The minimum absolute atomic E-state index is 0.0469. The third-order valence-corrected chi connectivity index (χ3v) is 4.36. The highest BCUT2D eigenvalue weighted by molar-refractivity contribution is 4.58. The lowest BCUT2D eigenvalue weighted by Gasteiger charge is -2.17. The number of rotatable bonds is 20. The fraction of sp³-hybridized carbons (Fsp3) is 1.00. The molecule has 24 heavy (non-hydrogen) atoms. The summed E-state index contributed by atoms with van der Waals surface area (Å²) in [5.41, 5.74) is 0. The van der Waals surface area contributed by atoms with Crippen molar-refractivity contribution < 1.29 is 19.7 Å². The lowest BCUT2D eigenvalue weighted by Crippen LogP contribution is -2.22. The minimum atomic E-state index is 0.0469. The lowest BCUT2D eigenvalue weighted by atomic mass is 10.0. The van der Waals surface area contributed by atoms with Gasteiger partial charge < -0.3 is 19.7 Å². The van der Waals surface area contributed by atoms with Crippen LogP contribution in [0.15, 0.2) is 0 Å². The molecule has 0 spiro atoms. The van der Waals surface area contributed by atoms with E-state index in [4.69, 9.17) is 19.7 Å². The zero-order valence-electron chi connectivity index (χ0n) is 16.0. The molecule has 0 bridgehead atoms. The molecule has 0 saturated carbocycles. The van der Waals surface area contributed by atoms with E-state index in [1.807, 2.05) is 0 Å². The number of aliphatic hydroxyl groups excluding tert-OH is 2. The van der Waals surface area contributed by atoms with E-state index in [1.165, 1.54) is 70.6 Å². The van der Waals surface area contributed by atoms with Crippen LogP contribution in [-0.4, -0.2) is 49.4 Å². The highest BCUT2D eigenvalue weighted by Gasteiger charge is 2.09. The van der Waals surface area contributed by atoms with Gasteiger partial charge in [-0.1, -0.05) is 84.0 Å². The number of ether oxygens (including phenoxy) is 2. The first-order valence-corrected chi connectivity index (χ1v) is 10.3. The van der Waals surface area contributed by atoms with Gasteiger partial charge in [-0.25, -0.2) is 0 Å². The monoisotopic (exact) mass is 346 g/mol. The summed E-state index contributed by atoms with van der Waals surface area (Å²) in [4.78, 5) is 0. The van der Waals surface area contributed by atoms with Gasteiger partial charge in [0.25, 0.3) is 0 Å². The van der Waals surface area contributed by atoms with Gasteiger partial charge in [0.15, 0.2) is 0 Å². The molecule has 0 aliphatic rings. The van der Waals surface area contributed by atoms with Crippen molar-refractivity contribution in [1.82, 2.24) is 0 Å². The maximum Gasteiger partial charge on any atom is 0.0809 e. The Labute approximate surface area is 149 Å². The first kappa shape index (κ1) is 23.8. The molecule has 0 aromatic carbocycles. The molecule has 0 aromatic rings. The molecule has 0 rings (SSSR count). The van der Waals surface area contributed by atoms with Crippen molar-refractivity contribution in [3.63, 3.8) is 0 Å². The molecule has 146 valence electrons. The number of unbranched alkanes of at least 4 members (excludes halogenated alkanes) is 11. The Kier molecular flexibility index (Phi) is 20.7. The smallest absolute Gasteiger partial charge is 0.0809 e. The molecular formula is C20H42O4. The van der Waals surface area contributed by atoms with Crippen LogP contribution >= 0.6 is 0 Å². The number of aliphatic hydroxyl groups is 2. The van der Waals surface area contributed by atoms with Crippen molar-refractivity contribution in [3.8, 4) is 0 Å². The van der Waals surface area contributed by atoms with Gasteiger partial charge in [0.2, 0.25) is 0 Å². The van der Waals surface area contributed by atoms with Crippen LogP contribution in [0.2, 0.25) is 0 Å². The van der Waals surface area contributed by atoms with Crippen molar-refractivity contribution in [1.29, 1.82) is 0 Å². The molecule has 0 aromatic heterocycles. The van der Waals surface area contributed by atoms with Crippen molar-refractivity contribution in [2.24, 2.45) is 0 Å². The first-order chi connectivity index (χ1) is 11.8. The maximum atomic E-state index is 8.85. The van der Waals surface area contributed by atoms with Gasteiger partial charge in [-0.15, -0.1) is 0 Å². The molecule has 0 heterocycles. The maximum absolute atomic E-state index is 8.85. The van der Waals surface area contributed by atoms with Gasteiger partial charge in [0.05, 0.1) is 39.1 Å². The van der Waals surface area contributed by atoms with Gasteiger partial charge in [-0.05, 0) is 6.42 Å². The van der Waals surface area contributed by atoms with Crippen LogP contribution in [0.4, 0.5) is 0 Å². The third kappa shape index (κ3) is 18.2. The Morgan fingerprint density at radius 2 is 1.17 bits per heavy atom. The molecule has 1 atom stereocenters. The van der Waals surface area contributed by atoms with Crippen LogP contribution in [0.25, 0.3) is 0 Å². The fourth-order valence-electron chi connectivity index (χ4n) is 2.93. The Hall–Kier alpha value is -0.160. The van der Waals surface area contributed by atoms with Crippen LogP contribution in [0.3, 0.4) is 0 Å². The van der Waals surface area contributed by atoms with Crippen molar-refractivity contribution >= 4 is 0 Å². The summed E-state index contributed by atoms with van der Waals surface area (Å²) in [5, 5.41) is 17.6. The van der Waals surface area contributed by atoms with Crippen LogP contribution in [0.5, 0.6) is 0 Å². The van der Waals surface area contributed by atoms with Crippen LogP contribution < -0.4 is 0 Å². The van der Waals surface area contributed by atoms with Crippen LogP contribution in [-0.2, 0) is 9.47 Å². The molecule has 0 aliphatic heterocycles. The predicted molar refractivity (Wildman–Crippen MR) is 100 cm³/mol. The van der Waals surface area contributed by atoms with E-state index in [0.717, 1.165) is 12.8 Å². The standard InChI is InChI=1S/C20H42O4/c1-2-3-4-5-6-7-8-9-10-11-12-13-14-20(24-18-16-22)19-23-17-15-21/h20-22H,2-19H2,1H3. The summed E-state index contributed by atoms with van der Waals surface area (Å²) in [5.74, 6) is 0. The second-order valence-electron chi connectivity index (χ2n) is 6.69. The SMILES string of the molecule is CCCCCCCCCCCCCCC(COCCO)OCCO. The largest absolute Gasteiger partial charge is 0.394 e. The summed E-state index contributed by atoms with van der Waals surface area (Å²) in [7, 11) is 0. The second kappa shape index (κ2) is 20.9. The Morgan fingerprint density at radius 3 is 1.67 bits per heavy atom. The number of hydrogen-bond donors (Lipinski definition) is 2. The van der Waals surface area contributed by atoms with Gasteiger partial charge in [0, 0.05) is 0 Å². The molecule has 4 heteroatoms. The fourth-order valence-corrected chi connectivity index (χ4v) is 2.93. The molecule has 0 fully saturated rings. The second-order valence-corrected chi connectivity index (χ2v) is 6.69. The van der Waals surface area contributed by atoms with Crippen molar-refractivity contribution in [3.05, 3.63) is 0 Å². The van der Waals surface area contributed by atoms with E-state index >= 15 is 0 Å². The molecule has 0 saturated heterocycles. The van der Waals surface area contributed by atoms with Crippen molar-refractivity contribution in [2.45, 2.75) is 96.5 Å². The summed E-state index contributed by atoms with van der Waals surface area (Å²) in [6.07, 6.45) is 17.2. The van der Waals surface area contributed by atoms with Gasteiger partial charge in [-0.2, -0.15) is 0 Å². The molecule has 0 aliphatic carbocycles. The van der Waals surface area contributed by atoms with Gasteiger partial charge >= 0.3 is 0 Å². The van der Waals surface area contributed by atoms with E-state index in [0.29, 0.717) is 19.8 Å². The van der Waals surface area contributed by atoms with E-state index < -0.39 is 0 Å². The Morgan fingerprint density at radius 1 is 0.667 bits per heavy atom. The molecular weight excluding hydrogens is 304 g/mol. The first-order valence-electron chi connectivity index (χ1n) is 10.3. The summed E-state index contributed by atoms with van der Waals surface area (Å²) >= 11 is 0. The molecule has 1 unspecified atom stereocenters. The van der Waals surface area contributed by atoms with Crippen LogP contribution in [0.1, 0.15) is 90.4 Å². The Balaban J connectivity index is 3.37. The minimum Gasteiger partial charge on any atom is -0.394 e. The zero-order chi connectivity index (χ0) is 17.7. The summed E-state index contributed by atoms with van der Waals surface area (Å²) in [6.45, 7) is 3.60. The van der Waals surface area contributed by atoms with Gasteiger partial charge in [0.1, 0.15) is 0 Å². The molecule has 4 nitrogen and oxygen atoms in total. The quantitative estimate of drug-likeness (QED) is 0.319. The normalized spacial score (nSPS) is 12.6. The summed E-state index contributed by atoms with van der Waals surface area (Å²) < 4.78 is 10.9. The topological polar surface area (TPSA) is 58.9 Å². The van der Waals surface area contributed by atoms with Crippen LogP contribution in [0, 0.1) is 0 Å². The highest BCUT2D eigenvalue weighted by Crippen LogP contribution is 2.13. The average Bonchev–Trinajstić information content (AvgIpc) is 2.60. The number of hydrogen-bond acceptors (Lipinski definition) is 4. The van der Waals surface area contributed by atoms with E-state index in [9.17, 15) is 0 Å². The van der Waals surface area contributed by atoms with E-state index in [1.54, 1.807) is 0 Å². The molecule has 2 N–H and O–H groups in total. The molecule has 0 amide bonds. The van der Waals surface area contributed by atoms with E-state index in [2.05, 4.69) is 6.92 Å². The third-order valence-electron chi connectivity index (χ3n) is 4.36. The highest BCUT2D eigenvalue weighted by atomic mass is 16.5. The average molecular weight is 347 g/mol. The van der Waals surface area contributed by atoms with Crippen molar-refractivity contribution in [2.75, 3.05) is 33.0 Å². The lowest BCUT2D eigenvalue weighted by molar-refractivity contribution is -0.0376. The Bertz CT molecular complexity index is 224. The summed E-state index contributed by atoms with van der Waals surface area (Å²) in [6, 6.07) is 0. The predicted octanol–water partition coefficient (Wildman–Crippen LogP) is 4.46. The van der Waals surface area contributed by atoms with Gasteiger partial charge in [-0.3, -0.25) is 0 Å².